The van der Waals surface area contributed by atoms with Crippen LogP contribution in [0.25, 0.3) is 0 Å². The Morgan fingerprint density at radius 1 is 1.28 bits per heavy atom. The molecule has 0 aliphatic rings. The van der Waals surface area contributed by atoms with Crippen molar-refractivity contribution in [2.45, 2.75) is 6.92 Å². The van der Waals surface area contributed by atoms with E-state index in [0.717, 1.165) is 11.3 Å². The van der Waals surface area contributed by atoms with Gasteiger partial charge in [0.2, 0.25) is 5.91 Å². The molecule has 18 heavy (non-hydrogen) atoms. The topological polar surface area (TPSA) is 58.6 Å². The molecule has 0 bridgehead atoms. The van der Waals surface area contributed by atoms with Crippen molar-refractivity contribution in [2.75, 3.05) is 32.6 Å². The first-order chi connectivity index (χ1) is 8.52. The Balaban J connectivity index is 2.47. The lowest BCUT2D eigenvalue weighted by Gasteiger charge is -2.15. The lowest BCUT2D eigenvalue weighted by Crippen LogP contribution is -2.34. The monoisotopic (exact) mass is 250 g/mol. The van der Waals surface area contributed by atoms with Gasteiger partial charge in [0.25, 0.3) is 0 Å². The largest absolute Gasteiger partial charge is 0.468 e. The lowest BCUT2D eigenvalue weighted by atomic mass is 10.2. The predicted molar refractivity (Wildman–Crippen MR) is 69.3 cm³/mol. The number of carbonyl (C=O) groups excluding carboxylic acids is 2. The fraction of sp³-hybridized carbons (Fsp3) is 0.385. The number of esters is 1. The quantitative estimate of drug-likeness (QED) is 0.793. The van der Waals surface area contributed by atoms with E-state index in [-0.39, 0.29) is 25.0 Å². The molecule has 0 atom stereocenters. The van der Waals surface area contributed by atoms with E-state index in [1.54, 1.807) is 11.9 Å². The van der Waals surface area contributed by atoms with E-state index >= 15 is 0 Å². The van der Waals surface area contributed by atoms with Crippen LogP contribution in [0.15, 0.2) is 24.3 Å². The van der Waals surface area contributed by atoms with Crippen molar-refractivity contribution in [1.29, 1.82) is 0 Å². The molecule has 1 aromatic carbocycles. The van der Waals surface area contributed by atoms with Crippen molar-refractivity contribution < 1.29 is 14.3 Å². The highest BCUT2D eigenvalue weighted by molar-refractivity contribution is 5.93. The normalized spacial score (nSPS) is 10.2. The van der Waals surface area contributed by atoms with Crippen molar-refractivity contribution in [1.82, 2.24) is 4.90 Å². The summed E-state index contributed by atoms with van der Waals surface area (Å²) in [6.45, 7) is 2.16. The number of nitrogens with zero attached hydrogens (tertiary/aromatic N) is 1. The number of para-hydroxylation sites is 1. The maximum atomic E-state index is 11.7. The highest BCUT2D eigenvalue weighted by Gasteiger charge is 2.11. The van der Waals surface area contributed by atoms with E-state index in [2.05, 4.69) is 10.1 Å². The molecule has 0 fully saturated rings. The fourth-order valence-electron chi connectivity index (χ4n) is 1.49. The zero-order valence-electron chi connectivity index (χ0n) is 10.9. The Kier molecular flexibility index (Phi) is 5.32. The third-order valence-corrected chi connectivity index (χ3v) is 2.46. The molecule has 1 N–H and O–H groups in total. The predicted octanol–water partition coefficient (Wildman–Crippen LogP) is 1.04. The molecule has 98 valence electrons. The van der Waals surface area contributed by atoms with Crippen molar-refractivity contribution in [3.05, 3.63) is 29.8 Å². The number of rotatable bonds is 5. The first-order valence-corrected chi connectivity index (χ1v) is 5.63. The second-order valence-electron chi connectivity index (χ2n) is 4.11. The van der Waals surface area contributed by atoms with E-state index in [1.807, 2.05) is 31.2 Å². The van der Waals surface area contributed by atoms with E-state index in [9.17, 15) is 9.59 Å². The molecule has 0 radical (unpaired) electrons. The van der Waals surface area contributed by atoms with Crippen molar-refractivity contribution in [2.24, 2.45) is 0 Å². The molecule has 5 heteroatoms. The fourth-order valence-corrected chi connectivity index (χ4v) is 1.49. The molecular formula is C13H18N2O3. The summed E-state index contributed by atoms with van der Waals surface area (Å²) in [6, 6.07) is 7.54. The molecule has 5 nitrogen and oxygen atoms in total. The third kappa shape index (κ3) is 4.55. The van der Waals surface area contributed by atoms with Crippen molar-refractivity contribution in [3.63, 3.8) is 0 Å². The average molecular weight is 250 g/mol. The third-order valence-electron chi connectivity index (χ3n) is 2.46. The molecule has 1 rings (SSSR count). The molecule has 0 saturated heterocycles. The minimum Gasteiger partial charge on any atom is -0.468 e. The first kappa shape index (κ1) is 14.2. The van der Waals surface area contributed by atoms with E-state index in [0.29, 0.717) is 0 Å². The number of carbonyl (C=O) groups is 2. The number of anilines is 1. The SMILES string of the molecule is COC(=O)CN(C)CC(=O)Nc1ccccc1C. The van der Waals surface area contributed by atoms with Crippen LogP contribution in [-0.4, -0.2) is 44.0 Å². The number of amides is 1. The van der Waals surface area contributed by atoms with Crippen molar-refractivity contribution >= 4 is 17.6 Å². The molecule has 0 unspecified atom stereocenters. The number of aryl methyl sites for hydroxylation is 1. The van der Waals surface area contributed by atoms with Gasteiger partial charge in [-0.25, -0.2) is 0 Å². The molecule has 0 spiro atoms. The zero-order valence-corrected chi connectivity index (χ0v) is 10.9. The van der Waals surface area contributed by atoms with Crippen LogP contribution in [0.3, 0.4) is 0 Å². The number of hydrogen-bond donors (Lipinski definition) is 1. The average Bonchev–Trinajstić information content (AvgIpc) is 2.31. The van der Waals surface area contributed by atoms with Crippen LogP contribution in [0.5, 0.6) is 0 Å². The van der Waals surface area contributed by atoms with Gasteiger partial charge in [0.05, 0.1) is 20.2 Å². The Morgan fingerprint density at radius 3 is 2.56 bits per heavy atom. The number of ether oxygens (including phenoxy) is 1. The van der Waals surface area contributed by atoms with Gasteiger partial charge in [-0.05, 0) is 25.6 Å². The van der Waals surface area contributed by atoms with Gasteiger partial charge in [-0.3, -0.25) is 14.5 Å². The Hall–Kier alpha value is -1.88. The van der Waals surface area contributed by atoms with E-state index < -0.39 is 0 Å². The van der Waals surface area contributed by atoms with E-state index in [1.165, 1.54) is 7.11 Å². The first-order valence-electron chi connectivity index (χ1n) is 5.63. The van der Waals surface area contributed by atoms with Gasteiger partial charge < -0.3 is 10.1 Å². The summed E-state index contributed by atoms with van der Waals surface area (Å²) in [5, 5.41) is 2.80. The summed E-state index contributed by atoms with van der Waals surface area (Å²) in [5.74, 6) is -0.517. The smallest absolute Gasteiger partial charge is 0.319 e. The maximum Gasteiger partial charge on any atom is 0.319 e. The summed E-state index contributed by atoms with van der Waals surface area (Å²) >= 11 is 0. The highest BCUT2D eigenvalue weighted by atomic mass is 16.5. The molecule has 0 aliphatic heterocycles. The van der Waals surface area contributed by atoms with Gasteiger partial charge >= 0.3 is 5.97 Å². The molecule has 1 aromatic rings. The minimum absolute atomic E-state index is 0.0949. The van der Waals surface area contributed by atoms with Gasteiger partial charge in [0.15, 0.2) is 0 Å². The van der Waals surface area contributed by atoms with E-state index in [4.69, 9.17) is 0 Å². The Labute approximate surface area is 107 Å². The number of benzene rings is 1. The minimum atomic E-state index is -0.360. The second kappa shape index (κ2) is 6.76. The van der Waals surface area contributed by atoms with Crippen LogP contribution >= 0.6 is 0 Å². The number of hydrogen-bond acceptors (Lipinski definition) is 4. The van der Waals surface area contributed by atoms with Gasteiger partial charge in [-0.15, -0.1) is 0 Å². The Morgan fingerprint density at radius 2 is 1.94 bits per heavy atom. The van der Waals surface area contributed by atoms with Crippen molar-refractivity contribution in [3.8, 4) is 0 Å². The van der Waals surface area contributed by atoms with Crippen LogP contribution < -0.4 is 5.32 Å². The number of likely N-dealkylation sites (N-methyl/N-ethyl adjacent to an activating group) is 1. The number of nitrogens with one attached hydrogen (secondary N) is 1. The standard InChI is InChI=1S/C13H18N2O3/c1-10-6-4-5-7-11(10)14-12(16)8-15(2)9-13(17)18-3/h4-7H,8-9H2,1-3H3,(H,14,16). The van der Waals surface area contributed by atoms with Gasteiger partial charge in [0, 0.05) is 5.69 Å². The van der Waals surface area contributed by atoms with Crippen LogP contribution in [0.1, 0.15) is 5.56 Å². The molecule has 0 heterocycles. The molecule has 0 aromatic heterocycles. The second-order valence-corrected chi connectivity index (χ2v) is 4.11. The maximum absolute atomic E-state index is 11.7. The molecule has 1 amide bonds. The summed E-state index contributed by atoms with van der Waals surface area (Å²) in [5.41, 5.74) is 1.79. The highest BCUT2D eigenvalue weighted by Crippen LogP contribution is 2.12. The van der Waals surface area contributed by atoms with Crippen LogP contribution in [0.2, 0.25) is 0 Å². The molecule has 0 aliphatic carbocycles. The summed E-state index contributed by atoms with van der Waals surface area (Å²) < 4.78 is 4.53. The summed E-state index contributed by atoms with van der Waals surface area (Å²) in [6.07, 6.45) is 0. The Bertz CT molecular complexity index is 432. The molecule has 0 saturated carbocycles. The van der Waals surface area contributed by atoms with Crippen LogP contribution in [-0.2, 0) is 14.3 Å². The lowest BCUT2D eigenvalue weighted by molar-refractivity contribution is -0.141. The van der Waals surface area contributed by atoms with Gasteiger partial charge in [0.1, 0.15) is 0 Å². The number of methoxy groups -OCH3 is 1. The summed E-state index contributed by atoms with van der Waals surface area (Å²) in [4.78, 5) is 24.4. The zero-order chi connectivity index (χ0) is 13.5. The van der Waals surface area contributed by atoms with Crippen LogP contribution in [0.4, 0.5) is 5.69 Å². The van der Waals surface area contributed by atoms with Gasteiger partial charge in [-0.2, -0.15) is 0 Å². The summed E-state index contributed by atoms with van der Waals surface area (Å²) in [7, 11) is 3.01. The van der Waals surface area contributed by atoms with Crippen LogP contribution in [0, 0.1) is 6.92 Å². The molecular weight excluding hydrogens is 232 g/mol. The van der Waals surface area contributed by atoms with Gasteiger partial charge in [-0.1, -0.05) is 18.2 Å².